The predicted octanol–water partition coefficient (Wildman–Crippen LogP) is 5.82. The molecule has 1 aliphatic heterocycles. The van der Waals surface area contributed by atoms with Crippen molar-refractivity contribution in [2.45, 2.75) is 53.5 Å². The molecule has 37 heavy (non-hydrogen) atoms. The van der Waals surface area contributed by atoms with Gasteiger partial charge in [-0.05, 0) is 74.4 Å². The van der Waals surface area contributed by atoms with Gasteiger partial charge >= 0.3 is 0 Å². The monoisotopic (exact) mass is 507 g/mol. The highest BCUT2D eigenvalue weighted by Gasteiger charge is 2.42. The second kappa shape index (κ2) is 11.4. The van der Waals surface area contributed by atoms with E-state index in [0.29, 0.717) is 66.7 Å². The summed E-state index contributed by atoms with van der Waals surface area (Å²) in [4.78, 5) is 29.2. The molecule has 1 aromatic heterocycles. The second-order valence-electron chi connectivity index (χ2n) is 10.1. The fourth-order valence-electron chi connectivity index (χ4n) is 4.92. The highest BCUT2D eigenvalue weighted by Crippen LogP contribution is 2.41. The van der Waals surface area contributed by atoms with Crippen LogP contribution in [-0.2, 0) is 4.74 Å². The first kappa shape index (κ1) is 26.7. The molecule has 4 rings (SSSR count). The number of ether oxygens (including phenoxy) is 3. The number of benzene rings is 2. The van der Waals surface area contributed by atoms with E-state index in [2.05, 4.69) is 13.8 Å². The van der Waals surface area contributed by atoms with Crippen LogP contribution in [0.25, 0.3) is 11.0 Å². The summed E-state index contributed by atoms with van der Waals surface area (Å²) in [6.07, 6.45) is 1.56. The Labute approximate surface area is 218 Å². The van der Waals surface area contributed by atoms with Crippen LogP contribution in [0.15, 0.2) is 39.5 Å². The van der Waals surface area contributed by atoms with Crippen LogP contribution in [0.3, 0.4) is 0 Å². The Balaban J connectivity index is 1.84. The van der Waals surface area contributed by atoms with Gasteiger partial charge in [0, 0.05) is 20.3 Å². The van der Waals surface area contributed by atoms with E-state index in [1.807, 2.05) is 51.1 Å². The van der Waals surface area contributed by atoms with Crippen LogP contribution in [0, 0.1) is 19.8 Å². The third kappa shape index (κ3) is 5.37. The molecule has 7 heteroatoms. The molecular formula is C30H37NO6. The standard InChI is InChI=1S/C30H37NO6/c1-7-35-24-17-21(9-10-23(24)36-14-11-18(2)3)26-25-27(32)22-16-19(4)15-20(5)28(22)37-29(25)30(33)31(26)12-8-13-34-6/h9-10,15-18,26H,7-8,11-14H2,1-6H3. The lowest BCUT2D eigenvalue weighted by Crippen LogP contribution is -2.31. The molecule has 0 radical (unpaired) electrons. The van der Waals surface area contributed by atoms with Crippen molar-refractivity contribution in [2.75, 3.05) is 33.5 Å². The lowest BCUT2D eigenvalue weighted by molar-refractivity contribution is 0.0707. The fraction of sp³-hybridized carbons (Fsp3) is 0.467. The predicted molar refractivity (Wildman–Crippen MR) is 144 cm³/mol. The number of methoxy groups -OCH3 is 1. The Hall–Kier alpha value is -3.32. The minimum atomic E-state index is -0.593. The van der Waals surface area contributed by atoms with Crippen molar-refractivity contribution < 1.29 is 23.4 Å². The molecule has 1 aliphatic rings. The van der Waals surface area contributed by atoms with Crippen molar-refractivity contribution >= 4 is 16.9 Å². The van der Waals surface area contributed by atoms with Crippen molar-refractivity contribution in [3.63, 3.8) is 0 Å². The molecule has 1 unspecified atom stereocenters. The van der Waals surface area contributed by atoms with E-state index in [4.69, 9.17) is 18.6 Å². The van der Waals surface area contributed by atoms with E-state index in [1.54, 1.807) is 12.0 Å². The number of aryl methyl sites for hydroxylation is 2. The Kier molecular flexibility index (Phi) is 8.22. The minimum absolute atomic E-state index is 0.113. The zero-order valence-electron chi connectivity index (χ0n) is 22.7. The van der Waals surface area contributed by atoms with Gasteiger partial charge in [0.25, 0.3) is 5.91 Å². The molecule has 0 N–H and O–H groups in total. The van der Waals surface area contributed by atoms with Crippen LogP contribution in [0.4, 0.5) is 0 Å². The van der Waals surface area contributed by atoms with Crippen molar-refractivity contribution in [1.82, 2.24) is 4.90 Å². The average Bonchev–Trinajstić information content (AvgIpc) is 3.13. The lowest BCUT2D eigenvalue weighted by atomic mass is 9.97. The number of hydrogen-bond donors (Lipinski definition) is 0. The number of fused-ring (bicyclic) bond motifs is 2. The van der Waals surface area contributed by atoms with Crippen LogP contribution >= 0.6 is 0 Å². The molecule has 198 valence electrons. The first-order chi connectivity index (χ1) is 17.8. The average molecular weight is 508 g/mol. The van der Waals surface area contributed by atoms with E-state index in [-0.39, 0.29) is 17.1 Å². The molecule has 2 aromatic carbocycles. The summed E-state index contributed by atoms with van der Waals surface area (Å²) >= 11 is 0. The van der Waals surface area contributed by atoms with Gasteiger partial charge in [0.05, 0.1) is 30.2 Å². The van der Waals surface area contributed by atoms with E-state index < -0.39 is 6.04 Å². The molecule has 0 spiro atoms. The molecule has 7 nitrogen and oxygen atoms in total. The molecule has 0 saturated heterocycles. The van der Waals surface area contributed by atoms with Crippen LogP contribution in [-0.4, -0.2) is 44.3 Å². The number of hydrogen-bond acceptors (Lipinski definition) is 6. The van der Waals surface area contributed by atoms with Gasteiger partial charge in [0.1, 0.15) is 5.58 Å². The smallest absolute Gasteiger partial charge is 0.290 e. The summed E-state index contributed by atoms with van der Waals surface area (Å²) in [5, 5.41) is 0.492. The zero-order valence-corrected chi connectivity index (χ0v) is 22.7. The summed E-state index contributed by atoms with van der Waals surface area (Å²) in [6.45, 7) is 12.0. The SMILES string of the molecule is CCOc1cc(C2c3c(oc4c(C)cc(C)cc4c3=O)C(=O)N2CCCOC)ccc1OCCC(C)C. The third-order valence-electron chi connectivity index (χ3n) is 6.68. The number of rotatable bonds is 11. The third-order valence-corrected chi connectivity index (χ3v) is 6.68. The first-order valence-electron chi connectivity index (χ1n) is 13.0. The van der Waals surface area contributed by atoms with Gasteiger partial charge in [-0.2, -0.15) is 0 Å². The second-order valence-corrected chi connectivity index (χ2v) is 10.1. The van der Waals surface area contributed by atoms with Crippen LogP contribution in [0.2, 0.25) is 0 Å². The maximum absolute atomic E-state index is 13.9. The minimum Gasteiger partial charge on any atom is -0.490 e. The molecule has 0 bridgehead atoms. The summed E-state index contributed by atoms with van der Waals surface area (Å²) in [5.74, 6) is 1.60. The van der Waals surface area contributed by atoms with E-state index >= 15 is 0 Å². The van der Waals surface area contributed by atoms with E-state index in [9.17, 15) is 9.59 Å². The molecule has 1 amide bonds. The summed E-state index contributed by atoms with van der Waals surface area (Å²) in [5.41, 5.74) is 3.24. The van der Waals surface area contributed by atoms with Crippen LogP contribution in [0.5, 0.6) is 11.5 Å². The highest BCUT2D eigenvalue weighted by atomic mass is 16.5. The van der Waals surface area contributed by atoms with Crippen molar-refractivity contribution in [1.29, 1.82) is 0 Å². The molecular weight excluding hydrogens is 470 g/mol. The van der Waals surface area contributed by atoms with Gasteiger partial charge < -0.3 is 23.5 Å². The van der Waals surface area contributed by atoms with Crippen molar-refractivity contribution in [3.05, 3.63) is 68.6 Å². The van der Waals surface area contributed by atoms with Gasteiger partial charge in [0.15, 0.2) is 16.9 Å². The topological polar surface area (TPSA) is 78.2 Å². The number of amides is 1. The van der Waals surface area contributed by atoms with Crippen molar-refractivity contribution in [2.24, 2.45) is 5.92 Å². The first-order valence-corrected chi connectivity index (χ1v) is 13.0. The molecule has 2 heterocycles. The number of nitrogens with zero attached hydrogens (tertiary/aromatic N) is 1. The molecule has 1 atom stereocenters. The van der Waals surface area contributed by atoms with Gasteiger partial charge in [-0.3, -0.25) is 9.59 Å². The largest absolute Gasteiger partial charge is 0.490 e. The van der Waals surface area contributed by atoms with Crippen LogP contribution < -0.4 is 14.9 Å². The van der Waals surface area contributed by atoms with Gasteiger partial charge in [-0.15, -0.1) is 0 Å². The summed E-state index contributed by atoms with van der Waals surface area (Å²) in [6, 6.07) is 8.86. The maximum atomic E-state index is 13.9. The summed E-state index contributed by atoms with van der Waals surface area (Å²) < 4.78 is 23.3. The fourth-order valence-corrected chi connectivity index (χ4v) is 4.92. The quantitative estimate of drug-likeness (QED) is 0.305. The molecule has 3 aromatic rings. The zero-order chi connectivity index (χ0) is 26.7. The Morgan fingerprint density at radius 1 is 1.03 bits per heavy atom. The molecule has 0 fully saturated rings. The Morgan fingerprint density at radius 2 is 1.81 bits per heavy atom. The number of carbonyl (C=O) groups excluding carboxylic acids is 1. The number of carbonyl (C=O) groups is 1. The van der Waals surface area contributed by atoms with Gasteiger partial charge in [-0.1, -0.05) is 26.0 Å². The summed E-state index contributed by atoms with van der Waals surface area (Å²) in [7, 11) is 1.63. The normalized spacial score (nSPS) is 15.1. The lowest BCUT2D eigenvalue weighted by Gasteiger charge is -2.26. The highest BCUT2D eigenvalue weighted by molar-refractivity contribution is 5.99. The molecule has 0 aliphatic carbocycles. The van der Waals surface area contributed by atoms with Gasteiger partial charge in [0.2, 0.25) is 5.76 Å². The van der Waals surface area contributed by atoms with E-state index in [0.717, 1.165) is 23.1 Å². The molecule has 0 saturated carbocycles. The Bertz CT molecular complexity index is 1340. The Morgan fingerprint density at radius 3 is 2.51 bits per heavy atom. The van der Waals surface area contributed by atoms with Gasteiger partial charge in [-0.25, -0.2) is 0 Å². The van der Waals surface area contributed by atoms with Crippen molar-refractivity contribution in [3.8, 4) is 11.5 Å². The van der Waals surface area contributed by atoms with Crippen LogP contribution in [0.1, 0.15) is 72.5 Å². The maximum Gasteiger partial charge on any atom is 0.290 e. The van der Waals surface area contributed by atoms with E-state index in [1.165, 1.54) is 0 Å².